The SMILES string of the molecule is Cc1cc(O)ccc1-n1cc(C(=O)O)c(=O)cc1CCN1CCNCC1. The van der Waals surface area contributed by atoms with Gasteiger partial charge in [0, 0.05) is 62.8 Å². The Bertz CT molecular complexity index is 870. The van der Waals surface area contributed by atoms with Crippen LogP contribution in [-0.2, 0) is 6.42 Å². The maximum atomic E-state index is 12.2. The summed E-state index contributed by atoms with van der Waals surface area (Å²) in [6.45, 7) is 6.44. The van der Waals surface area contributed by atoms with Crippen molar-refractivity contribution in [1.82, 2.24) is 14.8 Å². The first-order valence-corrected chi connectivity index (χ1v) is 8.67. The van der Waals surface area contributed by atoms with E-state index in [0.717, 1.165) is 49.7 Å². The van der Waals surface area contributed by atoms with Crippen LogP contribution in [0.4, 0.5) is 0 Å². The van der Waals surface area contributed by atoms with E-state index in [1.807, 2.05) is 6.92 Å². The van der Waals surface area contributed by atoms with Gasteiger partial charge in [-0.15, -0.1) is 0 Å². The number of carboxylic acids is 1. The van der Waals surface area contributed by atoms with Crippen LogP contribution in [0.3, 0.4) is 0 Å². The Labute approximate surface area is 151 Å². The van der Waals surface area contributed by atoms with Crippen LogP contribution >= 0.6 is 0 Å². The van der Waals surface area contributed by atoms with Gasteiger partial charge in [-0.3, -0.25) is 4.79 Å². The number of rotatable bonds is 5. The summed E-state index contributed by atoms with van der Waals surface area (Å²) in [7, 11) is 0. The van der Waals surface area contributed by atoms with E-state index >= 15 is 0 Å². The third-order valence-electron chi connectivity index (χ3n) is 4.69. The van der Waals surface area contributed by atoms with Gasteiger partial charge in [0.05, 0.1) is 0 Å². The molecule has 0 bridgehead atoms. The molecule has 0 unspecified atom stereocenters. The van der Waals surface area contributed by atoms with Gasteiger partial charge in [-0.2, -0.15) is 0 Å². The number of aryl methyl sites for hydroxylation is 1. The van der Waals surface area contributed by atoms with E-state index in [0.29, 0.717) is 6.42 Å². The number of aromatic hydroxyl groups is 1. The molecule has 0 spiro atoms. The average Bonchev–Trinajstić information content (AvgIpc) is 2.61. The van der Waals surface area contributed by atoms with E-state index in [1.54, 1.807) is 22.8 Å². The van der Waals surface area contributed by atoms with E-state index in [1.165, 1.54) is 12.3 Å². The molecule has 0 amide bonds. The number of piperazine rings is 1. The zero-order valence-electron chi connectivity index (χ0n) is 14.7. The largest absolute Gasteiger partial charge is 0.508 e. The van der Waals surface area contributed by atoms with Crippen molar-refractivity contribution in [1.29, 1.82) is 0 Å². The minimum atomic E-state index is -1.24. The molecular weight excluding hydrogens is 334 g/mol. The second-order valence-corrected chi connectivity index (χ2v) is 6.53. The van der Waals surface area contributed by atoms with Crippen LogP contribution in [0.25, 0.3) is 5.69 Å². The van der Waals surface area contributed by atoms with Crippen molar-refractivity contribution in [2.24, 2.45) is 0 Å². The van der Waals surface area contributed by atoms with Crippen molar-refractivity contribution in [3.05, 3.63) is 57.5 Å². The van der Waals surface area contributed by atoms with Crippen LogP contribution in [0, 0.1) is 6.92 Å². The van der Waals surface area contributed by atoms with E-state index in [9.17, 15) is 19.8 Å². The molecule has 1 aromatic heterocycles. The highest BCUT2D eigenvalue weighted by atomic mass is 16.4. The van der Waals surface area contributed by atoms with E-state index in [-0.39, 0.29) is 11.3 Å². The molecular formula is C19H23N3O4. The Kier molecular flexibility index (Phi) is 5.39. The van der Waals surface area contributed by atoms with Crippen molar-refractivity contribution in [3.8, 4) is 11.4 Å². The van der Waals surface area contributed by atoms with Gasteiger partial charge in [0.25, 0.3) is 0 Å². The maximum Gasteiger partial charge on any atom is 0.341 e. The highest BCUT2D eigenvalue weighted by Crippen LogP contribution is 2.21. The summed E-state index contributed by atoms with van der Waals surface area (Å²) < 4.78 is 1.75. The topological polar surface area (TPSA) is 94.8 Å². The van der Waals surface area contributed by atoms with Gasteiger partial charge in [0.15, 0.2) is 5.43 Å². The lowest BCUT2D eigenvalue weighted by Gasteiger charge is -2.27. The monoisotopic (exact) mass is 357 g/mol. The van der Waals surface area contributed by atoms with Crippen LogP contribution in [0.1, 0.15) is 21.6 Å². The normalized spacial score (nSPS) is 15.1. The second-order valence-electron chi connectivity index (χ2n) is 6.53. The van der Waals surface area contributed by atoms with E-state index in [2.05, 4.69) is 10.2 Å². The molecule has 1 aliphatic heterocycles. The van der Waals surface area contributed by atoms with Crippen molar-refractivity contribution in [2.75, 3.05) is 32.7 Å². The molecule has 2 heterocycles. The summed E-state index contributed by atoms with van der Waals surface area (Å²) in [6, 6.07) is 6.32. The summed E-state index contributed by atoms with van der Waals surface area (Å²) >= 11 is 0. The van der Waals surface area contributed by atoms with Crippen molar-refractivity contribution in [2.45, 2.75) is 13.3 Å². The van der Waals surface area contributed by atoms with Crippen molar-refractivity contribution in [3.63, 3.8) is 0 Å². The molecule has 2 aromatic rings. The Balaban J connectivity index is 1.99. The van der Waals surface area contributed by atoms with Crippen molar-refractivity contribution < 1.29 is 15.0 Å². The predicted octanol–water partition coefficient (Wildman–Crippen LogP) is 0.997. The molecule has 1 fully saturated rings. The number of hydrogen-bond acceptors (Lipinski definition) is 5. The number of pyridine rings is 1. The number of aromatic nitrogens is 1. The fraction of sp³-hybridized carbons (Fsp3) is 0.368. The number of aromatic carboxylic acids is 1. The number of phenolic OH excluding ortho intramolecular Hbond substituents is 1. The first kappa shape index (κ1) is 18.2. The molecule has 1 aliphatic rings. The van der Waals surface area contributed by atoms with Gasteiger partial charge in [-0.25, -0.2) is 4.79 Å². The molecule has 7 nitrogen and oxygen atoms in total. The van der Waals surface area contributed by atoms with Gasteiger partial charge in [-0.1, -0.05) is 0 Å². The highest BCUT2D eigenvalue weighted by molar-refractivity contribution is 5.87. The molecule has 1 saturated heterocycles. The Morgan fingerprint density at radius 2 is 1.96 bits per heavy atom. The average molecular weight is 357 g/mol. The van der Waals surface area contributed by atoms with Gasteiger partial charge >= 0.3 is 5.97 Å². The Hall–Kier alpha value is -2.64. The summed E-state index contributed by atoms with van der Waals surface area (Å²) in [5.41, 5.74) is 1.56. The lowest BCUT2D eigenvalue weighted by molar-refractivity contribution is 0.0694. The molecule has 0 radical (unpaired) electrons. The number of phenols is 1. The van der Waals surface area contributed by atoms with Gasteiger partial charge in [-0.05, 0) is 30.7 Å². The van der Waals surface area contributed by atoms with E-state index < -0.39 is 11.4 Å². The number of nitrogens with zero attached hydrogens (tertiary/aromatic N) is 2. The third-order valence-corrected chi connectivity index (χ3v) is 4.69. The lowest BCUT2D eigenvalue weighted by atomic mass is 10.1. The summed E-state index contributed by atoms with van der Waals surface area (Å²) in [4.78, 5) is 25.9. The van der Waals surface area contributed by atoms with Crippen LogP contribution in [-0.4, -0.2) is 58.4 Å². The minimum Gasteiger partial charge on any atom is -0.508 e. The molecule has 7 heteroatoms. The third kappa shape index (κ3) is 3.95. The first-order valence-electron chi connectivity index (χ1n) is 8.67. The molecule has 26 heavy (non-hydrogen) atoms. The molecule has 0 saturated carbocycles. The predicted molar refractivity (Wildman–Crippen MR) is 98.4 cm³/mol. The zero-order valence-corrected chi connectivity index (χ0v) is 14.7. The number of hydrogen-bond donors (Lipinski definition) is 3. The second kappa shape index (κ2) is 7.72. The number of carbonyl (C=O) groups is 1. The zero-order chi connectivity index (χ0) is 18.7. The summed E-state index contributed by atoms with van der Waals surface area (Å²) in [5.74, 6) is -1.10. The number of benzene rings is 1. The molecule has 3 rings (SSSR count). The summed E-state index contributed by atoms with van der Waals surface area (Å²) in [5, 5.41) is 22.3. The number of nitrogens with one attached hydrogen (secondary N) is 1. The lowest BCUT2D eigenvalue weighted by Crippen LogP contribution is -2.44. The number of carboxylic acid groups (broad SMARTS) is 1. The van der Waals surface area contributed by atoms with Crippen LogP contribution in [0.15, 0.2) is 35.3 Å². The van der Waals surface area contributed by atoms with Gasteiger partial charge in [0.1, 0.15) is 11.3 Å². The van der Waals surface area contributed by atoms with Crippen LogP contribution < -0.4 is 10.7 Å². The molecule has 0 aliphatic carbocycles. The van der Waals surface area contributed by atoms with Gasteiger partial charge in [0.2, 0.25) is 0 Å². The Morgan fingerprint density at radius 1 is 1.23 bits per heavy atom. The van der Waals surface area contributed by atoms with Crippen molar-refractivity contribution >= 4 is 5.97 Å². The van der Waals surface area contributed by atoms with Gasteiger partial charge < -0.3 is 25.0 Å². The van der Waals surface area contributed by atoms with Crippen LogP contribution in [0.2, 0.25) is 0 Å². The smallest absolute Gasteiger partial charge is 0.341 e. The highest BCUT2D eigenvalue weighted by Gasteiger charge is 2.16. The fourth-order valence-corrected chi connectivity index (χ4v) is 3.27. The molecule has 138 valence electrons. The first-order chi connectivity index (χ1) is 12.5. The minimum absolute atomic E-state index is 0.146. The molecule has 0 atom stereocenters. The molecule has 1 aromatic carbocycles. The Morgan fingerprint density at radius 3 is 2.62 bits per heavy atom. The van der Waals surface area contributed by atoms with Crippen LogP contribution in [0.5, 0.6) is 5.75 Å². The standard InChI is InChI=1S/C19H23N3O4/c1-13-10-15(23)2-3-17(13)22-12-16(19(25)26)18(24)11-14(22)4-7-21-8-5-20-6-9-21/h2-3,10-12,20,23H,4-9H2,1H3,(H,25,26). The van der Waals surface area contributed by atoms with E-state index in [4.69, 9.17) is 0 Å². The fourth-order valence-electron chi connectivity index (χ4n) is 3.27. The summed E-state index contributed by atoms with van der Waals surface area (Å²) in [6.07, 6.45) is 2.02. The quantitative estimate of drug-likeness (QED) is 0.739. The molecule has 3 N–H and O–H groups in total. The maximum absolute atomic E-state index is 12.2.